The maximum atomic E-state index is 14.0. The minimum Gasteiger partial charge on any atom is -0.744 e. The number of carbonyl (C=O) groups is 2. The molecule has 0 fully saturated rings. The van der Waals surface area contributed by atoms with Gasteiger partial charge in [0.1, 0.15) is 58.5 Å². The number of hydrogen-bond acceptors (Lipinski definition) is 27. The van der Waals surface area contributed by atoms with E-state index in [1.807, 2.05) is 0 Å². The summed E-state index contributed by atoms with van der Waals surface area (Å²) in [6.45, 7) is 0.762. The second kappa shape index (κ2) is 25.8. The van der Waals surface area contributed by atoms with Crippen molar-refractivity contribution in [3.05, 3.63) is 94.1 Å². The van der Waals surface area contributed by atoms with Crippen LogP contribution in [0.5, 0.6) is 0 Å². The van der Waals surface area contributed by atoms with Crippen molar-refractivity contribution in [2.45, 2.75) is 26.5 Å². The van der Waals surface area contributed by atoms with Crippen LogP contribution >= 0.6 is 11.6 Å². The molecule has 0 saturated heterocycles. The van der Waals surface area contributed by atoms with Crippen LogP contribution in [-0.4, -0.2) is 105 Å². The van der Waals surface area contributed by atoms with Gasteiger partial charge in [-0.05, 0) is 96.0 Å². The molecule has 5 aromatic rings. The van der Waals surface area contributed by atoms with Crippen molar-refractivity contribution in [3.8, 4) is 0 Å². The first-order valence-corrected chi connectivity index (χ1v) is 25.7. The van der Waals surface area contributed by atoms with Gasteiger partial charge in [-0.15, -0.1) is 5.11 Å². The molecule has 72 heavy (non-hydrogen) atoms. The number of halogens is 1. The Balaban J connectivity index is 0.00000444. The monoisotopic (exact) mass is 1140 g/mol. The van der Waals surface area contributed by atoms with Gasteiger partial charge in [-0.2, -0.15) is 25.2 Å². The number of benzene rings is 4. The van der Waals surface area contributed by atoms with E-state index in [4.69, 9.17) is 22.1 Å². The SMILES string of the molecule is CC(=O)OCCS(=O)(=O)c1ccc(Nc2nc(Cl)nc(Nc3ccc(S(=O)(=O)[O-])c(N/N=C4/C(=O)c5c(cc(S(=O)(=O)[O-])c(N=Nc6ccc(S(=O)(=O)[O-])cc6)c5N)C=C4S(=O)(=O)[O-])c3)n2)cc1.[Na+].[Na+].[Na+].[Na+]. The zero-order valence-electron chi connectivity index (χ0n) is 37.5. The normalized spacial score (nSPS) is 13.3. The van der Waals surface area contributed by atoms with Crippen LogP contribution in [0.4, 0.5) is 46.0 Å². The number of nitrogen functional groups attached to an aromatic ring is 1. The Hall–Kier alpha value is -2.88. The maximum absolute atomic E-state index is 14.0. The number of esters is 1. The first-order valence-electron chi connectivity index (χ1n) is 18.0. The quantitative estimate of drug-likeness (QED) is 0.0178. The Morgan fingerprint density at radius 3 is 1.76 bits per heavy atom. The second-order valence-corrected chi connectivity index (χ2v) is 21.3. The number of anilines is 6. The predicted octanol–water partition coefficient (Wildman–Crippen LogP) is -9.37. The smallest absolute Gasteiger partial charge is 0.744 e. The molecule has 0 unspecified atom stereocenters. The number of carbonyl (C=O) groups excluding carboxylic acids is 2. The Morgan fingerprint density at radius 1 is 0.694 bits per heavy atom. The zero-order chi connectivity index (χ0) is 50.1. The van der Waals surface area contributed by atoms with Gasteiger partial charge in [-0.25, -0.2) is 42.1 Å². The van der Waals surface area contributed by atoms with Crippen LogP contribution in [0, 0.1) is 0 Å². The number of ether oxygens (including phenoxy) is 1. The molecular formula is C35H25ClN10Na4O17S5. The fourth-order valence-electron chi connectivity index (χ4n) is 5.78. The maximum Gasteiger partial charge on any atom is 1.00 e. The molecule has 1 aliphatic carbocycles. The number of aromatic nitrogens is 3. The van der Waals surface area contributed by atoms with E-state index in [1.54, 1.807) is 0 Å². The summed E-state index contributed by atoms with van der Waals surface area (Å²) in [5.41, 5.74) is 2.56. The summed E-state index contributed by atoms with van der Waals surface area (Å²) in [4.78, 5) is 32.4. The molecule has 0 atom stereocenters. The first kappa shape index (κ1) is 65.2. The molecule has 6 rings (SSSR count). The number of nitrogens with zero attached hydrogens (tertiary/aromatic N) is 6. The zero-order valence-corrected chi connectivity index (χ0v) is 50.4. The van der Waals surface area contributed by atoms with E-state index in [0.29, 0.717) is 12.1 Å². The number of nitrogens with two attached hydrogens (primary N) is 1. The average molecular weight is 1150 g/mol. The third-order valence-electron chi connectivity index (χ3n) is 8.75. The van der Waals surface area contributed by atoms with Gasteiger partial charge in [0.2, 0.25) is 23.0 Å². The fraction of sp³-hybridized carbons (Fsp3) is 0.0857. The summed E-state index contributed by atoms with van der Waals surface area (Å²) >= 11 is 6.09. The first-order chi connectivity index (χ1) is 31.5. The van der Waals surface area contributed by atoms with E-state index in [1.165, 1.54) is 24.3 Å². The fourth-order valence-corrected chi connectivity index (χ4v) is 9.41. The molecule has 1 aliphatic rings. The molecule has 358 valence electrons. The van der Waals surface area contributed by atoms with Gasteiger partial charge in [-0.3, -0.25) is 15.0 Å². The largest absolute Gasteiger partial charge is 1.00 e. The second-order valence-electron chi connectivity index (χ2n) is 13.4. The van der Waals surface area contributed by atoms with Crippen LogP contribution in [0.3, 0.4) is 0 Å². The summed E-state index contributed by atoms with van der Waals surface area (Å²) in [6, 6.07) is 11.9. The van der Waals surface area contributed by atoms with Crippen molar-refractivity contribution in [1.82, 2.24) is 15.0 Å². The minimum atomic E-state index is -5.75. The third kappa shape index (κ3) is 16.6. The molecule has 0 amide bonds. The van der Waals surface area contributed by atoms with Gasteiger partial charge >= 0.3 is 124 Å². The molecule has 1 heterocycles. The molecule has 0 bridgehead atoms. The molecule has 37 heteroatoms. The van der Waals surface area contributed by atoms with Crippen LogP contribution in [0.25, 0.3) is 6.08 Å². The van der Waals surface area contributed by atoms with E-state index in [2.05, 4.69) is 46.3 Å². The number of ketones is 1. The van der Waals surface area contributed by atoms with Gasteiger partial charge in [0.05, 0.1) is 52.9 Å². The number of fused-ring (bicyclic) bond motifs is 1. The van der Waals surface area contributed by atoms with Crippen LogP contribution in [0.1, 0.15) is 22.8 Å². The molecule has 27 nitrogen and oxygen atoms in total. The van der Waals surface area contributed by atoms with Crippen LogP contribution in [0.15, 0.2) is 113 Å². The number of azo groups is 1. The van der Waals surface area contributed by atoms with Crippen LogP contribution in [0.2, 0.25) is 5.28 Å². The Labute approximate surface area is 502 Å². The molecule has 5 N–H and O–H groups in total. The molecule has 4 aromatic carbocycles. The van der Waals surface area contributed by atoms with Crippen molar-refractivity contribution in [1.29, 1.82) is 0 Å². The number of rotatable bonds is 16. The van der Waals surface area contributed by atoms with E-state index in [-0.39, 0.29) is 159 Å². The molecule has 0 radical (unpaired) electrons. The summed E-state index contributed by atoms with van der Waals surface area (Å²) < 4.78 is 175. The molecule has 0 spiro atoms. The van der Waals surface area contributed by atoms with Crippen molar-refractivity contribution in [2.75, 3.05) is 34.2 Å². The summed E-state index contributed by atoms with van der Waals surface area (Å²) in [5.74, 6) is -3.23. The minimum absolute atomic E-state index is 0. The van der Waals surface area contributed by atoms with Gasteiger partial charge in [-0.1, -0.05) is 0 Å². The Bertz CT molecular complexity index is 3620. The Morgan fingerprint density at radius 2 is 1.24 bits per heavy atom. The third-order valence-corrected chi connectivity index (χ3v) is 14.1. The van der Waals surface area contributed by atoms with Crippen LogP contribution in [-0.2, 0) is 59.8 Å². The Kier molecular flexibility index (Phi) is 23.4. The van der Waals surface area contributed by atoms with Gasteiger partial charge in [0.15, 0.2) is 9.84 Å². The molecule has 1 aromatic heterocycles. The van der Waals surface area contributed by atoms with Crippen molar-refractivity contribution >= 4 is 131 Å². The summed E-state index contributed by atoms with van der Waals surface area (Å²) in [5, 5.41) is 15.9. The van der Waals surface area contributed by atoms with Crippen molar-refractivity contribution < 1.29 is 193 Å². The number of hydrazone groups is 1. The van der Waals surface area contributed by atoms with E-state index < -0.39 is 127 Å². The standard InChI is InChI=1S/C35H29ClN10O17S5.4Na/c1-17(47)63-12-13-64(49,50)22-7-2-19(3-8-22)38-34-40-33(36)41-35(42-34)39-21-6-11-25(66(54,55)56)24(16-21)44-46-31-27(68(60,61)62)15-18-14-26(67(57,58)59)30(29(37)28(18)32(31)48)45-43-20-4-9-23(10-5-20)65(51,52)53;;;;/h2-11,14-16,44H,12-13,37H2,1H3,(H,51,52,53)(H,54,55,56)(H,57,58,59)(H,60,61,62)(H2,38,39,40,41,42);;;;/q;4*+1/p-4/b45-43?,46-31+;;;;. The van der Waals surface area contributed by atoms with Gasteiger partial charge < -0.3 is 39.3 Å². The van der Waals surface area contributed by atoms with Crippen LogP contribution < -0.4 is 140 Å². The predicted molar refractivity (Wildman–Crippen MR) is 231 cm³/mol. The molecule has 0 saturated carbocycles. The number of Topliss-reactive ketones (excluding diaryl/α,β-unsaturated/α-hetero) is 1. The molecule has 0 aliphatic heterocycles. The number of sulfone groups is 1. The number of allylic oxidation sites excluding steroid dienone is 1. The summed E-state index contributed by atoms with van der Waals surface area (Å²) in [6.07, 6.45) is 0.428. The van der Waals surface area contributed by atoms with Crippen molar-refractivity contribution in [2.24, 2.45) is 15.3 Å². The van der Waals surface area contributed by atoms with E-state index in [0.717, 1.165) is 49.4 Å². The number of nitrogens with one attached hydrogen (secondary N) is 3. The van der Waals surface area contributed by atoms with Gasteiger partial charge in [0.25, 0.3) is 0 Å². The van der Waals surface area contributed by atoms with E-state index >= 15 is 0 Å². The number of hydrogen-bond donors (Lipinski definition) is 4. The average Bonchev–Trinajstić information content (AvgIpc) is 3.21. The van der Waals surface area contributed by atoms with E-state index in [9.17, 15) is 69.9 Å². The molecular weight excluding hydrogens is 1120 g/mol. The summed E-state index contributed by atoms with van der Waals surface area (Å²) in [7, 11) is -25.5. The van der Waals surface area contributed by atoms with Crippen molar-refractivity contribution in [3.63, 3.8) is 0 Å². The topological polar surface area (TPSA) is 444 Å². The van der Waals surface area contributed by atoms with Gasteiger partial charge in [0, 0.05) is 18.3 Å².